The topological polar surface area (TPSA) is 146 Å². The maximum Gasteiger partial charge on any atom is 0.333 e. The zero-order valence-corrected chi connectivity index (χ0v) is 27.7. The summed E-state index contributed by atoms with van der Waals surface area (Å²) in [6, 6.07) is 0. The first-order chi connectivity index (χ1) is 21.7. The van der Waals surface area contributed by atoms with E-state index in [9.17, 15) is 28.8 Å². The number of rotatable bonds is 28. The smallest absolute Gasteiger partial charge is 0.333 e. The molecule has 0 N–H and O–H groups in total. The van der Waals surface area contributed by atoms with E-state index in [1.807, 2.05) is 0 Å². The van der Waals surface area contributed by atoms with Gasteiger partial charge in [-0.05, 0) is 32.7 Å². The summed E-state index contributed by atoms with van der Waals surface area (Å²) in [5, 5.41) is 0.595. The second kappa shape index (κ2) is 26.2. The van der Waals surface area contributed by atoms with Gasteiger partial charge in [0.25, 0.3) is 11.8 Å². The van der Waals surface area contributed by atoms with Crippen molar-refractivity contribution in [2.45, 2.75) is 135 Å². The van der Waals surface area contributed by atoms with Crippen molar-refractivity contribution in [2.24, 2.45) is 0 Å². The molecule has 2 amide bonds. The van der Waals surface area contributed by atoms with E-state index in [0.29, 0.717) is 37.7 Å². The van der Waals surface area contributed by atoms with Gasteiger partial charge in [-0.2, -0.15) is 0 Å². The molecule has 0 saturated carbocycles. The number of imide groups is 1. The highest BCUT2D eigenvalue weighted by molar-refractivity contribution is 6.01. The van der Waals surface area contributed by atoms with Gasteiger partial charge in [0.2, 0.25) is 0 Å². The lowest BCUT2D eigenvalue weighted by Crippen LogP contribution is -2.31. The number of carbonyl (C=O) groups is 6. The fraction of sp³-hybridized carbons (Fsp3) is 0.818. The summed E-state index contributed by atoms with van der Waals surface area (Å²) in [5.41, 5.74) is 0. The third kappa shape index (κ3) is 23.0. The molecule has 45 heavy (non-hydrogen) atoms. The molecule has 1 fully saturated rings. The standard InChI is InChI=1S/C33H56N2O10/c1-28(36)42-26-23-34(2)27-33(41)44-25-18-14-10-6-5-9-13-17-24-43-31(39)19-15-11-7-3-4-8-12-16-20-32(40)45-35-29(37)21-22-30(35)38/h3-27H2,1-2H3. The summed E-state index contributed by atoms with van der Waals surface area (Å²) in [6.07, 6.45) is 16.8. The van der Waals surface area contributed by atoms with Crippen LogP contribution in [0.2, 0.25) is 0 Å². The molecule has 1 rings (SSSR count). The second-order valence-corrected chi connectivity index (χ2v) is 11.7. The maximum atomic E-state index is 11.9. The number of hydrogen-bond donors (Lipinski definition) is 0. The Morgan fingerprint density at radius 2 is 1.00 bits per heavy atom. The Labute approximate surface area is 268 Å². The molecule has 0 aromatic heterocycles. The van der Waals surface area contributed by atoms with E-state index in [-0.39, 0.29) is 50.3 Å². The molecule has 0 radical (unpaired) electrons. The molecular weight excluding hydrogens is 584 g/mol. The van der Waals surface area contributed by atoms with Gasteiger partial charge in [0.05, 0.1) is 19.8 Å². The van der Waals surface area contributed by atoms with Gasteiger partial charge in [-0.15, -0.1) is 5.06 Å². The molecule has 1 aliphatic heterocycles. The highest BCUT2D eigenvalue weighted by atomic mass is 16.7. The Bertz CT molecular complexity index is 879. The lowest BCUT2D eigenvalue weighted by Gasteiger charge is -2.15. The first-order valence-electron chi connectivity index (χ1n) is 16.9. The van der Waals surface area contributed by atoms with Gasteiger partial charge in [0, 0.05) is 39.2 Å². The molecule has 258 valence electrons. The number of ether oxygens (including phenoxy) is 3. The minimum absolute atomic E-state index is 0.102. The molecule has 1 saturated heterocycles. The highest BCUT2D eigenvalue weighted by Crippen LogP contribution is 2.15. The van der Waals surface area contributed by atoms with Gasteiger partial charge in [0.15, 0.2) is 0 Å². The van der Waals surface area contributed by atoms with E-state index in [1.54, 1.807) is 11.9 Å². The van der Waals surface area contributed by atoms with E-state index in [0.717, 1.165) is 96.3 Å². The van der Waals surface area contributed by atoms with Crippen molar-refractivity contribution in [2.75, 3.05) is 40.0 Å². The zero-order chi connectivity index (χ0) is 33.1. The lowest BCUT2D eigenvalue weighted by atomic mass is 10.1. The number of carbonyl (C=O) groups excluding carboxylic acids is 6. The number of unbranched alkanes of at least 4 members (excludes halogenated alkanes) is 14. The van der Waals surface area contributed by atoms with E-state index in [4.69, 9.17) is 19.0 Å². The zero-order valence-electron chi connectivity index (χ0n) is 27.7. The molecule has 0 unspecified atom stereocenters. The number of hydroxylamine groups is 2. The van der Waals surface area contributed by atoms with Crippen molar-refractivity contribution < 1.29 is 47.8 Å². The van der Waals surface area contributed by atoms with Crippen LogP contribution in [-0.2, 0) is 47.8 Å². The molecule has 12 heteroatoms. The summed E-state index contributed by atoms with van der Waals surface area (Å²) < 4.78 is 15.5. The Morgan fingerprint density at radius 3 is 1.49 bits per heavy atom. The van der Waals surface area contributed by atoms with E-state index in [1.165, 1.54) is 6.92 Å². The van der Waals surface area contributed by atoms with Crippen molar-refractivity contribution in [1.82, 2.24) is 9.96 Å². The van der Waals surface area contributed by atoms with Gasteiger partial charge in [-0.3, -0.25) is 28.9 Å². The molecule has 0 aromatic rings. The summed E-state index contributed by atoms with van der Waals surface area (Å²) in [4.78, 5) is 75.8. The monoisotopic (exact) mass is 640 g/mol. The summed E-state index contributed by atoms with van der Waals surface area (Å²) >= 11 is 0. The summed E-state index contributed by atoms with van der Waals surface area (Å²) in [5.74, 6) is -2.16. The molecular formula is C33H56N2O10. The van der Waals surface area contributed by atoms with Crippen LogP contribution in [0, 0.1) is 0 Å². The Hall–Kier alpha value is -3.02. The third-order valence-corrected chi connectivity index (χ3v) is 7.45. The predicted molar refractivity (Wildman–Crippen MR) is 166 cm³/mol. The first-order valence-corrected chi connectivity index (χ1v) is 16.9. The fourth-order valence-corrected chi connectivity index (χ4v) is 4.80. The van der Waals surface area contributed by atoms with Crippen molar-refractivity contribution in [1.29, 1.82) is 0 Å². The molecule has 0 aliphatic carbocycles. The lowest BCUT2D eigenvalue weighted by molar-refractivity contribution is -0.197. The van der Waals surface area contributed by atoms with Crippen LogP contribution in [0.4, 0.5) is 0 Å². The van der Waals surface area contributed by atoms with Crippen LogP contribution < -0.4 is 0 Å². The molecule has 0 spiro atoms. The largest absolute Gasteiger partial charge is 0.466 e. The predicted octanol–water partition coefficient (Wildman–Crippen LogP) is 5.20. The quantitative estimate of drug-likeness (QED) is 0.0481. The fourth-order valence-electron chi connectivity index (χ4n) is 4.80. The number of nitrogens with zero attached hydrogens (tertiary/aromatic N) is 2. The van der Waals surface area contributed by atoms with Crippen LogP contribution in [0.1, 0.15) is 135 Å². The van der Waals surface area contributed by atoms with Crippen LogP contribution in [0.15, 0.2) is 0 Å². The molecule has 1 aliphatic rings. The Balaban J connectivity index is 1.79. The number of amides is 2. The van der Waals surface area contributed by atoms with E-state index < -0.39 is 17.8 Å². The van der Waals surface area contributed by atoms with Crippen molar-refractivity contribution in [3.05, 3.63) is 0 Å². The number of hydrogen-bond acceptors (Lipinski definition) is 11. The average Bonchev–Trinajstić information content (AvgIpc) is 3.30. The number of esters is 3. The van der Waals surface area contributed by atoms with Gasteiger partial charge in [-0.25, -0.2) is 4.79 Å². The van der Waals surface area contributed by atoms with Crippen LogP contribution in [0.3, 0.4) is 0 Å². The van der Waals surface area contributed by atoms with Crippen LogP contribution >= 0.6 is 0 Å². The van der Waals surface area contributed by atoms with Crippen LogP contribution in [-0.4, -0.2) is 85.6 Å². The van der Waals surface area contributed by atoms with Gasteiger partial charge < -0.3 is 19.0 Å². The Morgan fingerprint density at radius 1 is 0.578 bits per heavy atom. The van der Waals surface area contributed by atoms with E-state index >= 15 is 0 Å². The van der Waals surface area contributed by atoms with Gasteiger partial charge >= 0.3 is 23.9 Å². The molecule has 12 nitrogen and oxygen atoms in total. The normalized spacial score (nSPS) is 12.9. The summed E-state index contributed by atoms with van der Waals surface area (Å²) in [6.45, 7) is 3.21. The van der Waals surface area contributed by atoms with Crippen LogP contribution in [0.5, 0.6) is 0 Å². The first kappa shape index (κ1) is 40.0. The molecule has 1 heterocycles. The molecule has 0 atom stereocenters. The Kier molecular flexibility index (Phi) is 23.3. The average molecular weight is 641 g/mol. The van der Waals surface area contributed by atoms with Crippen molar-refractivity contribution >= 4 is 35.7 Å². The van der Waals surface area contributed by atoms with Crippen LogP contribution in [0.25, 0.3) is 0 Å². The minimum Gasteiger partial charge on any atom is -0.466 e. The molecule has 0 bridgehead atoms. The maximum absolute atomic E-state index is 11.9. The second-order valence-electron chi connectivity index (χ2n) is 11.7. The summed E-state index contributed by atoms with van der Waals surface area (Å²) in [7, 11) is 1.78. The highest BCUT2D eigenvalue weighted by Gasteiger charge is 2.32. The van der Waals surface area contributed by atoms with Gasteiger partial charge in [-0.1, -0.05) is 77.0 Å². The SMILES string of the molecule is CC(=O)OCCN(C)CC(=O)OCCCCCCCCCCOC(=O)CCCCCCCCCCC(=O)ON1C(=O)CCC1=O. The minimum atomic E-state index is -0.538. The van der Waals surface area contributed by atoms with Crippen molar-refractivity contribution in [3.63, 3.8) is 0 Å². The van der Waals surface area contributed by atoms with E-state index in [2.05, 4.69) is 0 Å². The van der Waals surface area contributed by atoms with Gasteiger partial charge in [0.1, 0.15) is 6.61 Å². The third-order valence-electron chi connectivity index (χ3n) is 7.45. The molecule has 0 aromatic carbocycles. The van der Waals surface area contributed by atoms with Crippen molar-refractivity contribution in [3.8, 4) is 0 Å². The number of likely N-dealkylation sites (N-methyl/N-ethyl adjacent to an activating group) is 1.